The summed E-state index contributed by atoms with van der Waals surface area (Å²) in [6, 6.07) is 0.673. The number of hydrogen-bond acceptors (Lipinski definition) is 4. The van der Waals surface area contributed by atoms with Gasteiger partial charge in [-0.1, -0.05) is 12.2 Å². The van der Waals surface area contributed by atoms with Crippen LogP contribution in [0.3, 0.4) is 0 Å². The van der Waals surface area contributed by atoms with Gasteiger partial charge in [0.25, 0.3) is 0 Å². The Morgan fingerprint density at radius 2 is 2.18 bits per heavy atom. The van der Waals surface area contributed by atoms with Crippen molar-refractivity contribution in [3.05, 3.63) is 12.2 Å². The Balaban J connectivity index is 1.90. The van der Waals surface area contributed by atoms with E-state index in [0.717, 1.165) is 25.8 Å². The first kappa shape index (κ1) is 17.3. The maximum Gasteiger partial charge on any atom is 0.410 e. The summed E-state index contributed by atoms with van der Waals surface area (Å²) in [6.45, 7) is 8.80. The van der Waals surface area contributed by atoms with Crippen molar-refractivity contribution in [2.75, 3.05) is 13.2 Å². The zero-order valence-corrected chi connectivity index (χ0v) is 14.2. The molecule has 1 saturated heterocycles. The second kappa shape index (κ2) is 7.01. The Morgan fingerprint density at radius 3 is 2.77 bits per heavy atom. The molecule has 0 saturated carbocycles. The van der Waals surface area contributed by atoms with Crippen LogP contribution in [0, 0.1) is 5.92 Å². The Hall–Kier alpha value is -1.07. The van der Waals surface area contributed by atoms with Crippen LogP contribution in [0.25, 0.3) is 0 Å². The molecule has 1 aliphatic carbocycles. The smallest absolute Gasteiger partial charge is 0.410 e. The average molecular weight is 310 g/mol. The molecule has 126 valence electrons. The molecule has 5 nitrogen and oxygen atoms in total. The summed E-state index contributed by atoms with van der Waals surface area (Å²) in [5.41, 5.74) is -0.455. The lowest BCUT2D eigenvalue weighted by molar-refractivity contribution is 0.0198. The first-order valence-corrected chi connectivity index (χ1v) is 8.35. The van der Waals surface area contributed by atoms with Crippen LogP contribution >= 0.6 is 0 Å². The molecule has 0 aromatic heterocycles. The number of rotatable bonds is 4. The van der Waals surface area contributed by atoms with E-state index in [-0.39, 0.29) is 36.7 Å². The second-order valence-electron chi connectivity index (χ2n) is 7.51. The first-order valence-electron chi connectivity index (χ1n) is 8.35. The largest absolute Gasteiger partial charge is 0.444 e. The Bertz CT molecular complexity index is 417. The van der Waals surface area contributed by atoms with Crippen molar-refractivity contribution in [1.29, 1.82) is 0 Å². The van der Waals surface area contributed by atoms with Crippen molar-refractivity contribution in [2.45, 2.75) is 70.7 Å². The molecular formula is C17H30N2O3. The van der Waals surface area contributed by atoms with Crippen LogP contribution in [0.1, 0.15) is 47.0 Å². The van der Waals surface area contributed by atoms with Crippen molar-refractivity contribution >= 4 is 6.09 Å². The standard InChI is InChI=1S/C17H30N2O3/c1-12(18-14-8-7-13(10-14)11-20)15-6-5-9-19(15)16(21)22-17(2,3)4/h7-8,12-15,18,20H,5-6,9-11H2,1-4H3/t12-,13+,14-,15-/m1/s1. The van der Waals surface area contributed by atoms with E-state index in [1.54, 1.807) is 0 Å². The summed E-state index contributed by atoms with van der Waals surface area (Å²) < 4.78 is 5.52. The van der Waals surface area contributed by atoms with Gasteiger partial charge in [-0.25, -0.2) is 4.79 Å². The molecule has 22 heavy (non-hydrogen) atoms. The third-order valence-electron chi connectivity index (χ3n) is 4.39. The fourth-order valence-electron chi connectivity index (χ4n) is 3.34. The minimum Gasteiger partial charge on any atom is -0.444 e. The van der Waals surface area contributed by atoms with Gasteiger partial charge >= 0.3 is 6.09 Å². The van der Waals surface area contributed by atoms with Crippen LogP contribution in [-0.2, 0) is 4.74 Å². The fraction of sp³-hybridized carbons (Fsp3) is 0.824. The highest BCUT2D eigenvalue weighted by molar-refractivity contribution is 5.69. The molecular weight excluding hydrogens is 280 g/mol. The number of carbonyl (C=O) groups is 1. The molecule has 0 unspecified atom stereocenters. The van der Waals surface area contributed by atoms with Crippen LogP contribution in [0.5, 0.6) is 0 Å². The number of aliphatic hydroxyl groups excluding tert-OH is 1. The maximum atomic E-state index is 12.3. The van der Waals surface area contributed by atoms with Crippen LogP contribution < -0.4 is 5.32 Å². The fourth-order valence-corrected chi connectivity index (χ4v) is 3.34. The zero-order valence-electron chi connectivity index (χ0n) is 14.2. The molecule has 2 aliphatic rings. The minimum atomic E-state index is -0.455. The molecule has 4 atom stereocenters. The number of ether oxygens (including phenoxy) is 1. The molecule has 0 aromatic carbocycles. The topological polar surface area (TPSA) is 61.8 Å². The summed E-state index contributed by atoms with van der Waals surface area (Å²) >= 11 is 0. The Kier molecular flexibility index (Phi) is 5.50. The van der Waals surface area contributed by atoms with Gasteiger partial charge in [-0.15, -0.1) is 0 Å². The quantitative estimate of drug-likeness (QED) is 0.782. The lowest BCUT2D eigenvalue weighted by Gasteiger charge is -2.33. The van der Waals surface area contributed by atoms with E-state index >= 15 is 0 Å². The van der Waals surface area contributed by atoms with E-state index in [4.69, 9.17) is 4.74 Å². The molecule has 0 aromatic rings. The Labute approximate surface area is 133 Å². The van der Waals surface area contributed by atoms with E-state index in [1.807, 2.05) is 25.7 Å². The van der Waals surface area contributed by atoms with Gasteiger partial charge in [0.1, 0.15) is 5.60 Å². The van der Waals surface area contributed by atoms with Gasteiger partial charge in [0.2, 0.25) is 0 Å². The molecule has 0 spiro atoms. The Morgan fingerprint density at radius 1 is 1.45 bits per heavy atom. The molecule has 0 bridgehead atoms. The molecule has 0 radical (unpaired) electrons. The van der Waals surface area contributed by atoms with Crippen molar-refractivity contribution in [1.82, 2.24) is 10.2 Å². The van der Waals surface area contributed by atoms with Crippen LogP contribution in [0.4, 0.5) is 4.79 Å². The molecule has 1 heterocycles. The maximum absolute atomic E-state index is 12.3. The van der Waals surface area contributed by atoms with Gasteiger partial charge in [-0.05, 0) is 47.0 Å². The van der Waals surface area contributed by atoms with Gasteiger partial charge in [0.15, 0.2) is 0 Å². The highest BCUT2D eigenvalue weighted by Crippen LogP contribution is 2.25. The van der Waals surface area contributed by atoms with Crippen molar-refractivity contribution in [2.24, 2.45) is 5.92 Å². The van der Waals surface area contributed by atoms with Gasteiger partial charge in [0.05, 0.1) is 6.04 Å². The number of likely N-dealkylation sites (tertiary alicyclic amines) is 1. The number of aliphatic hydroxyl groups is 1. The number of carbonyl (C=O) groups excluding carboxylic acids is 1. The normalized spacial score (nSPS) is 29.9. The first-order chi connectivity index (χ1) is 10.3. The lowest BCUT2D eigenvalue weighted by atomic mass is 10.0. The van der Waals surface area contributed by atoms with Crippen LogP contribution in [0.2, 0.25) is 0 Å². The molecule has 2 rings (SSSR count). The van der Waals surface area contributed by atoms with E-state index < -0.39 is 5.60 Å². The molecule has 1 aliphatic heterocycles. The van der Waals surface area contributed by atoms with E-state index in [9.17, 15) is 9.90 Å². The monoisotopic (exact) mass is 310 g/mol. The van der Waals surface area contributed by atoms with Gasteiger partial charge in [0, 0.05) is 31.2 Å². The summed E-state index contributed by atoms with van der Waals surface area (Å²) in [6.07, 6.45) is 6.96. The van der Waals surface area contributed by atoms with E-state index in [0.29, 0.717) is 0 Å². The highest BCUT2D eigenvalue weighted by atomic mass is 16.6. The second-order valence-corrected chi connectivity index (χ2v) is 7.51. The van der Waals surface area contributed by atoms with Crippen molar-refractivity contribution in [3.63, 3.8) is 0 Å². The minimum absolute atomic E-state index is 0.177. The molecule has 1 fully saturated rings. The van der Waals surface area contributed by atoms with Gasteiger partial charge < -0.3 is 20.1 Å². The third-order valence-corrected chi connectivity index (χ3v) is 4.39. The number of hydrogen-bond donors (Lipinski definition) is 2. The molecule has 5 heteroatoms. The number of nitrogens with zero attached hydrogens (tertiary/aromatic N) is 1. The van der Waals surface area contributed by atoms with Gasteiger partial charge in [-0.3, -0.25) is 0 Å². The predicted molar refractivity (Wildman–Crippen MR) is 86.7 cm³/mol. The third kappa shape index (κ3) is 4.46. The van der Waals surface area contributed by atoms with Crippen LogP contribution in [0.15, 0.2) is 12.2 Å². The highest BCUT2D eigenvalue weighted by Gasteiger charge is 2.36. The SMILES string of the molecule is C[C@@H](N[C@@H]1C=C[C@H](CO)C1)[C@H]1CCCN1C(=O)OC(C)(C)C. The zero-order chi connectivity index (χ0) is 16.3. The molecule has 1 amide bonds. The van der Waals surface area contributed by atoms with Gasteiger partial charge in [-0.2, -0.15) is 0 Å². The van der Waals surface area contributed by atoms with Crippen molar-refractivity contribution in [3.8, 4) is 0 Å². The lowest BCUT2D eigenvalue weighted by Crippen LogP contribution is -2.51. The summed E-state index contributed by atoms with van der Waals surface area (Å²) in [5, 5.41) is 12.8. The number of nitrogens with one attached hydrogen (secondary N) is 1. The average Bonchev–Trinajstić information content (AvgIpc) is 3.04. The summed E-state index contributed by atoms with van der Waals surface area (Å²) in [7, 11) is 0. The van der Waals surface area contributed by atoms with E-state index in [2.05, 4.69) is 24.4 Å². The van der Waals surface area contributed by atoms with Crippen LogP contribution in [-0.4, -0.2) is 53.0 Å². The number of amides is 1. The predicted octanol–water partition coefficient (Wildman–Crippen LogP) is 2.30. The summed E-state index contributed by atoms with van der Waals surface area (Å²) in [4.78, 5) is 14.2. The molecule has 2 N–H and O–H groups in total. The van der Waals surface area contributed by atoms with Crippen molar-refractivity contribution < 1.29 is 14.6 Å². The van der Waals surface area contributed by atoms with E-state index in [1.165, 1.54) is 0 Å². The summed E-state index contributed by atoms with van der Waals surface area (Å²) in [5.74, 6) is 0.259.